The van der Waals surface area contributed by atoms with Crippen LogP contribution in [0.15, 0.2) is 0 Å². The Bertz CT molecular complexity index is 330. The molecule has 7 heteroatoms. The van der Waals surface area contributed by atoms with Crippen molar-refractivity contribution in [1.29, 1.82) is 0 Å². The van der Waals surface area contributed by atoms with E-state index in [1.165, 1.54) is 4.31 Å². The second-order valence-corrected chi connectivity index (χ2v) is 7.97. The lowest BCUT2D eigenvalue weighted by molar-refractivity contribution is 0.430. The molecule has 0 radical (unpaired) electrons. The quantitative estimate of drug-likeness (QED) is 0.625. The molecule has 1 aliphatic rings. The van der Waals surface area contributed by atoms with E-state index in [1.54, 1.807) is 7.05 Å². The molecule has 1 saturated heterocycles. The van der Waals surface area contributed by atoms with E-state index in [-0.39, 0.29) is 6.04 Å². The van der Waals surface area contributed by atoms with Crippen molar-refractivity contribution in [2.45, 2.75) is 38.6 Å². The average molecular weight is 310 g/mol. The van der Waals surface area contributed by atoms with Gasteiger partial charge in [-0.1, -0.05) is 6.92 Å². The van der Waals surface area contributed by atoms with Crippen molar-refractivity contribution in [2.75, 3.05) is 38.2 Å². The molecular formula is C12H27N3O2S2. The fourth-order valence-electron chi connectivity index (χ4n) is 1.96. The summed E-state index contributed by atoms with van der Waals surface area (Å²) in [4.78, 5) is 0. The summed E-state index contributed by atoms with van der Waals surface area (Å²) >= 11 is 1.90. The Kier molecular flexibility index (Phi) is 8.32. The van der Waals surface area contributed by atoms with Crippen LogP contribution in [0.3, 0.4) is 0 Å². The van der Waals surface area contributed by atoms with Gasteiger partial charge in [0.15, 0.2) is 0 Å². The van der Waals surface area contributed by atoms with Gasteiger partial charge in [0.2, 0.25) is 0 Å². The first-order chi connectivity index (χ1) is 9.06. The molecule has 0 spiro atoms. The molecule has 0 saturated carbocycles. The molecule has 0 amide bonds. The van der Waals surface area contributed by atoms with Gasteiger partial charge in [0, 0.05) is 19.6 Å². The van der Waals surface area contributed by atoms with E-state index in [0.717, 1.165) is 50.3 Å². The first-order valence-corrected chi connectivity index (χ1v) is 9.67. The van der Waals surface area contributed by atoms with Gasteiger partial charge in [-0.05, 0) is 50.3 Å². The summed E-state index contributed by atoms with van der Waals surface area (Å²) in [6.45, 7) is 4.55. The lowest BCUT2D eigenvalue weighted by Crippen LogP contribution is -2.45. The van der Waals surface area contributed by atoms with Crippen LogP contribution in [0, 0.1) is 0 Å². The molecular weight excluding hydrogens is 282 g/mol. The number of nitrogens with zero attached hydrogens (tertiary/aromatic N) is 1. The highest BCUT2D eigenvalue weighted by atomic mass is 32.2. The van der Waals surface area contributed by atoms with Crippen molar-refractivity contribution in [1.82, 2.24) is 14.3 Å². The van der Waals surface area contributed by atoms with Gasteiger partial charge in [-0.3, -0.25) is 0 Å². The maximum atomic E-state index is 12.1. The van der Waals surface area contributed by atoms with Gasteiger partial charge in [0.05, 0.1) is 0 Å². The van der Waals surface area contributed by atoms with Crippen LogP contribution in [0.5, 0.6) is 0 Å². The van der Waals surface area contributed by atoms with Crippen molar-refractivity contribution in [3.63, 3.8) is 0 Å². The summed E-state index contributed by atoms with van der Waals surface area (Å²) in [5, 5.41) is 3.28. The third-order valence-corrected chi connectivity index (χ3v) is 5.88. The van der Waals surface area contributed by atoms with E-state index >= 15 is 0 Å². The van der Waals surface area contributed by atoms with E-state index in [4.69, 9.17) is 0 Å². The first-order valence-electron chi connectivity index (χ1n) is 7.08. The number of rotatable bonds is 9. The maximum absolute atomic E-state index is 12.1. The molecule has 114 valence electrons. The lowest BCUT2D eigenvalue weighted by Gasteiger charge is -2.25. The fraction of sp³-hybridized carbons (Fsp3) is 1.00. The third kappa shape index (κ3) is 6.94. The van der Waals surface area contributed by atoms with Crippen LogP contribution in [0.2, 0.25) is 0 Å². The summed E-state index contributed by atoms with van der Waals surface area (Å²) < 4.78 is 28.5. The molecule has 0 aromatic rings. The molecule has 0 aromatic heterocycles. The third-order valence-electron chi connectivity index (χ3n) is 3.20. The van der Waals surface area contributed by atoms with Crippen molar-refractivity contribution >= 4 is 22.0 Å². The minimum atomic E-state index is -3.31. The molecule has 0 unspecified atom stereocenters. The van der Waals surface area contributed by atoms with Gasteiger partial charge in [0.25, 0.3) is 10.2 Å². The smallest absolute Gasteiger partial charge is 0.279 e. The number of hydrogen-bond donors (Lipinski definition) is 2. The highest BCUT2D eigenvalue weighted by Gasteiger charge is 2.23. The Morgan fingerprint density at radius 1 is 1.26 bits per heavy atom. The normalized spacial score (nSPS) is 18.1. The van der Waals surface area contributed by atoms with Crippen LogP contribution in [-0.2, 0) is 10.2 Å². The summed E-state index contributed by atoms with van der Waals surface area (Å²) in [5.41, 5.74) is 0. The van der Waals surface area contributed by atoms with E-state index in [1.807, 2.05) is 11.8 Å². The zero-order chi connectivity index (χ0) is 14.1. The van der Waals surface area contributed by atoms with E-state index in [2.05, 4.69) is 17.0 Å². The molecule has 1 aliphatic heterocycles. The van der Waals surface area contributed by atoms with Gasteiger partial charge >= 0.3 is 0 Å². The van der Waals surface area contributed by atoms with Crippen molar-refractivity contribution in [3.8, 4) is 0 Å². The SMILES string of the molecule is CCCNCCCN(C)S(=O)(=O)NC1CCSCC1. The first kappa shape index (κ1) is 17.2. The Balaban J connectivity index is 2.26. The van der Waals surface area contributed by atoms with Gasteiger partial charge < -0.3 is 5.32 Å². The highest BCUT2D eigenvalue weighted by Crippen LogP contribution is 2.17. The average Bonchev–Trinajstić information content (AvgIpc) is 2.39. The molecule has 5 nitrogen and oxygen atoms in total. The number of thioether (sulfide) groups is 1. The minimum absolute atomic E-state index is 0.118. The molecule has 19 heavy (non-hydrogen) atoms. The summed E-state index contributed by atoms with van der Waals surface area (Å²) in [6, 6.07) is 0.118. The molecule has 1 heterocycles. The van der Waals surface area contributed by atoms with Crippen LogP contribution in [0.4, 0.5) is 0 Å². The Morgan fingerprint density at radius 3 is 2.58 bits per heavy atom. The molecule has 1 rings (SSSR count). The molecule has 2 N–H and O–H groups in total. The molecule has 0 aliphatic carbocycles. The van der Waals surface area contributed by atoms with Gasteiger partial charge in [-0.25, -0.2) is 0 Å². The maximum Gasteiger partial charge on any atom is 0.279 e. The Morgan fingerprint density at radius 2 is 1.95 bits per heavy atom. The van der Waals surface area contributed by atoms with Gasteiger partial charge in [-0.15, -0.1) is 0 Å². The van der Waals surface area contributed by atoms with Gasteiger partial charge in [-0.2, -0.15) is 29.2 Å². The monoisotopic (exact) mass is 309 g/mol. The van der Waals surface area contributed by atoms with Crippen molar-refractivity contribution in [2.24, 2.45) is 0 Å². The van der Waals surface area contributed by atoms with Crippen molar-refractivity contribution < 1.29 is 8.42 Å². The van der Waals surface area contributed by atoms with Gasteiger partial charge in [0.1, 0.15) is 0 Å². The van der Waals surface area contributed by atoms with E-state index < -0.39 is 10.2 Å². The predicted molar refractivity (Wildman–Crippen MR) is 82.8 cm³/mol. The van der Waals surface area contributed by atoms with Crippen LogP contribution >= 0.6 is 11.8 Å². The molecule has 0 aromatic carbocycles. The van der Waals surface area contributed by atoms with Crippen LogP contribution in [0.1, 0.15) is 32.6 Å². The second kappa shape index (κ2) is 9.18. The largest absolute Gasteiger partial charge is 0.317 e. The zero-order valence-electron chi connectivity index (χ0n) is 12.0. The Labute approximate surface area is 122 Å². The highest BCUT2D eigenvalue weighted by molar-refractivity contribution is 7.99. The summed E-state index contributed by atoms with van der Waals surface area (Å²) in [5.74, 6) is 2.11. The molecule has 0 atom stereocenters. The van der Waals surface area contributed by atoms with Crippen LogP contribution in [-0.4, -0.2) is 57.0 Å². The minimum Gasteiger partial charge on any atom is -0.317 e. The summed E-state index contributed by atoms with van der Waals surface area (Å²) in [6.07, 6.45) is 3.83. The number of hydrogen-bond acceptors (Lipinski definition) is 4. The standard InChI is InChI=1S/C12H27N3O2S2/c1-3-7-13-8-4-9-15(2)19(16,17)14-12-5-10-18-11-6-12/h12-14H,3-11H2,1-2H3. The fourth-order valence-corrected chi connectivity index (χ4v) is 4.28. The number of nitrogens with one attached hydrogen (secondary N) is 2. The lowest BCUT2D eigenvalue weighted by atomic mass is 10.2. The zero-order valence-corrected chi connectivity index (χ0v) is 13.7. The van der Waals surface area contributed by atoms with E-state index in [0.29, 0.717) is 6.54 Å². The summed E-state index contributed by atoms with van der Waals surface area (Å²) in [7, 11) is -1.65. The van der Waals surface area contributed by atoms with Crippen LogP contribution in [0.25, 0.3) is 0 Å². The Hall–Kier alpha value is 0.180. The van der Waals surface area contributed by atoms with E-state index in [9.17, 15) is 8.42 Å². The van der Waals surface area contributed by atoms with Crippen molar-refractivity contribution in [3.05, 3.63) is 0 Å². The molecule has 1 fully saturated rings. The van der Waals surface area contributed by atoms with Crippen LogP contribution < -0.4 is 10.0 Å². The molecule has 0 bridgehead atoms. The predicted octanol–water partition coefficient (Wildman–Crippen LogP) is 1.04. The topological polar surface area (TPSA) is 61.4 Å². The second-order valence-electron chi connectivity index (χ2n) is 4.93.